The summed E-state index contributed by atoms with van der Waals surface area (Å²) >= 11 is 0. The zero-order chi connectivity index (χ0) is 12.3. The zero-order valence-corrected chi connectivity index (χ0v) is 9.93. The number of hydrogen-bond donors (Lipinski definition) is 1. The lowest BCUT2D eigenvalue weighted by atomic mass is 10.1. The van der Waals surface area contributed by atoms with Gasteiger partial charge in [-0.2, -0.15) is 0 Å². The molecule has 0 aromatic heterocycles. The van der Waals surface area contributed by atoms with Gasteiger partial charge >= 0.3 is 5.97 Å². The van der Waals surface area contributed by atoms with Gasteiger partial charge in [-0.3, -0.25) is 9.69 Å². The van der Waals surface area contributed by atoms with Crippen molar-refractivity contribution in [3.05, 3.63) is 29.8 Å². The number of carboxylic acids is 1. The normalized spacial score (nSPS) is 16.5. The Bertz CT molecular complexity index is 382. The molecule has 0 saturated carbocycles. The Labute approximate surface area is 101 Å². The Hall–Kier alpha value is -1.55. The predicted molar refractivity (Wildman–Crippen MR) is 64.3 cm³/mol. The van der Waals surface area contributed by atoms with Crippen LogP contribution in [0.15, 0.2) is 24.3 Å². The smallest absolute Gasteiger partial charge is 0.303 e. The molecule has 0 amide bonds. The first-order chi connectivity index (χ1) is 8.13. The maximum atomic E-state index is 10.4. The highest BCUT2D eigenvalue weighted by atomic mass is 16.5. The Morgan fingerprint density at radius 3 is 2.59 bits per heavy atom. The van der Waals surface area contributed by atoms with Gasteiger partial charge in [0.1, 0.15) is 11.9 Å². The summed E-state index contributed by atoms with van der Waals surface area (Å²) < 4.78 is 5.74. The van der Waals surface area contributed by atoms with E-state index in [0.717, 1.165) is 24.4 Å². The van der Waals surface area contributed by atoms with E-state index in [0.29, 0.717) is 12.5 Å². The molecule has 17 heavy (non-hydrogen) atoms. The summed E-state index contributed by atoms with van der Waals surface area (Å²) in [6.45, 7) is 1.95. The van der Waals surface area contributed by atoms with E-state index in [2.05, 4.69) is 11.9 Å². The monoisotopic (exact) mass is 235 g/mol. The van der Waals surface area contributed by atoms with Crippen LogP contribution in [0.3, 0.4) is 0 Å². The number of aryl methyl sites for hydroxylation is 1. The van der Waals surface area contributed by atoms with Crippen molar-refractivity contribution in [1.82, 2.24) is 4.90 Å². The van der Waals surface area contributed by atoms with Crippen LogP contribution in [-0.2, 0) is 11.2 Å². The first-order valence-corrected chi connectivity index (χ1v) is 5.79. The lowest BCUT2D eigenvalue weighted by molar-refractivity contribution is -0.136. The molecule has 1 heterocycles. The second-order valence-electron chi connectivity index (χ2n) is 4.50. The van der Waals surface area contributed by atoms with Gasteiger partial charge in [0.05, 0.1) is 0 Å². The molecule has 1 aliphatic rings. The maximum absolute atomic E-state index is 10.4. The van der Waals surface area contributed by atoms with Crippen molar-refractivity contribution in [3.63, 3.8) is 0 Å². The topological polar surface area (TPSA) is 49.8 Å². The minimum Gasteiger partial charge on any atom is -0.488 e. The number of nitrogens with zero attached hydrogens (tertiary/aromatic N) is 1. The third-order valence-corrected chi connectivity index (χ3v) is 2.88. The van der Waals surface area contributed by atoms with Crippen LogP contribution in [0.25, 0.3) is 0 Å². The summed E-state index contributed by atoms with van der Waals surface area (Å²) in [6, 6.07) is 7.69. The van der Waals surface area contributed by atoms with Crippen molar-refractivity contribution in [2.24, 2.45) is 0 Å². The number of aliphatic carboxylic acids is 1. The van der Waals surface area contributed by atoms with Crippen LogP contribution < -0.4 is 4.74 Å². The molecule has 1 aromatic rings. The third kappa shape index (κ3) is 3.46. The van der Waals surface area contributed by atoms with Gasteiger partial charge in [-0.05, 0) is 31.2 Å². The van der Waals surface area contributed by atoms with Gasteiger partial charge in [-0.15, -0.1) is 0 Å². The molecule has 1 saturated heterocycles. The van der Waals surface area contributed by atoms with Gasteiger partial charge in [0.15, 0.2) is 0 Å². The van der Waals surface area contributed by atoms with Gasteiger partial charge in [0.25, 0.3) is 0 Å². The number of likely N-dealkylation sites (tertiary alicyclic amines) is 1. The van der Waals surface area contributed by atoms with Crippen LogP contribution in [0.1, 0.15) is 12.0 Å². The van der Waals surface area contributed by atoms with Crippen LogP contribution in [0, 0.1) is 0 Å². The molecule has 4 nitrogen and oxygen atoms in total. The molecule has 2 rings (SSSR count). The fraction of sp³-hybridized carbons (Fsp3) is 0.462. The highest BCUT2D eigenvalue weighted by Crippen LogP contribution is 2.18. The minimum absolute atomic E-state index is 0.174. The summed E-state index contributed by atoms with van der Waals surface area (Å²) in [4.78, 5) is 12.6. The molecule has 0 atom stereocenters. The molecule has 1 aliphatic heterocycles. The Morgan fingerprint density at radius 1 is 1.41 bits per heavy atom. The minimum atomic E-state index is -0.761. The average Bonchev–Trinajstić information content (AvgIpc) is 2.26. The molecule has 0 aliphatic carbocycles. The highest BCUT2D eigenvalue weighted by molar-refractivity contribution is 5.67. The molecule has 0 unspecified atom stereocenters. The molecule has 0 radical (unpaired) electrons. The molecule has 1 fully saturated rings. The van der Waals surface area contributed by atoms with E-state index < -0.39 is 5.97 Å². The maximum Gasteiger partial charge on any atom is 0.303 e. The van der Waals surface area contributed by atoms with Gasteiger partial charge in [0.2, 0.25) is 0 Å². The van der Waals surface area contributed by atoms with Crippen LogP contribution in [0.5, 0.6) is 5.75 Å². The largest absolute Gasteiger partial charge is 0.488 e. The second kappa shape index (κ2) is 5.19. The molecule has 92 valence electrons. The van der Waals surface area contributed by atoms with Crippen molar-refractivity contribution in [3.8, 4) is 5.75 Å². The van der Waals surface area contributed by atoms with Gasteiger partial charge in [-0.1, -0.05) is 12.1 Å². The van der Waals surface area contributed by atoms with Crippen LogP contribution >= 0.6 is 0 Å². The van der Waals surface area contributed by atoms with E-state index >= 15 is 0 Å². The lowest BCUT2D eigenvalue weighted by Crippen LogP contribution is -2.51. The first kappa shape index (κ1) is 11.9. The van der Waals surface area contributed by atoms with Crippen molar-refractivity contribution in [1.29, 1.82) is 0 Å². The quantitative estimate of drug-likeness (QED) is 0.838. The molecule has 0 bridgehead atoms. The van der Waals surface area contributed by atoms with Crippen molar-refractivity contribution in [2.75, 3.05) is 20.1 Å². The van der Waals surface area contributed by atoms with Crippen LogP contribution in [0.2, 0.25) is 0 Å². The summed E-state index contributed by atoms with van der Waals surface area (Å²) in [7, 11) is 2.06. The van der Waals surface area contributed by atoms with Gasteiger partial charge in [0, 0.05) is 19.5 Å². The predicted octanol–water partition coefficient (Wildman–Crippen LogP) is 1.40. The molecule has 1 N–H and O–H groups in total. The second-order valence-corrected chi connectivity index (χ2v) is 4.50. The Morgan fingerprint density at radius 2 is 2.06 bits per heavy atom. The number of likely N-dealkylation sites (N-methyl/N-ethyl adjacent to an activating group) is 1. The van der Waals surface area contributed by atoms with Crippen molar-refractivity contribution < 1.29 is 14.6 Å². The molecule has 4 heteroatoms. The van der Waals surface area contributed by atoms with E-state index in [1.54, 1.807) is 0 Å². The fourth-order valence-corrected chi connectivity index (χ4v) is 1.89. The summed E-state index contributed by atoms with van der Waals surface area (Å²) in [5.41, 5.74) is 1.03. The number of carbonyl (C=O) groups is 1. The first-order valence-electron chi connectivity index (χ1n) is 5.79. The van der Waals surface area contributed by atoms with Crippen molar-refractivity contribution >= 4 is 5.97 Å². The standard InChI is InChI=1S/C13H17NO3/c1-14-8-12(9-14)17-11-5-2-10(3-6-11)4-7-13(15)16/h2-3,5-6,12H,4,7-9H2,1H3,(H,15,16). The molecular formula is C13H17NO3. The van der Waals surface area contributed by atoms with E-state index in [1.807, 2.05) is 24.3 Å². The summed E-state index contributed by atoms with van der Waals surface area (Å²) in [6.07, 6.45) is 1.04. The van der Waals surface area contributed by atoms with Gasteiger partial charge < -0.3 is 9.84 Å². The number of benzene rings is 1. The van der Waals surface area contributed by atoms with Crippen LogP contribution in [-0.4, -0.2) is 42.2 Å². The van der Waals surface area contributed by atoms with E-state index in [-0.39, 0.29) is 6.42 Å². The Kier molecular flexibility index (Phi) is 3.64. The molecule has 1 aromatic carbocycles. The fourth-order valence-electron chi connectivity index (χ4n) is 1.89. The summed E-state index contributed by atoms with van der Waals surface area (Å²) in [5.74, 6) is 0.102. The average molecular weight is 235 g/mol. The summed E-state index contributed by atoms with van der Waals surface area (Å²) in [5, 5.41) is 8.58. The number of hydrogen-bond acceptors (Lipinski definition) is 3. The van der Waals surface area contributed by atoms with E-state index in [9.17, 15) is 4.79 Å². The Balaban J connectivity index is 1.82. The number of carboxylic acid groups (broad SMARTS) is 1. The van der Waals surface area contributed by atoms with Gasteiger partial charge in [-0.25, -0.2) is 0 Å². The number of rotatable bonds is 5. The van der Waals surface area contributed by atoms with Crippen molar-refractivity contribution in [2.45, 2.75) is 18.9 Å². The third-order valence-electron chi connectivity index (χ3n) is 2.88. The SMILES string of the molecule is CN1CC(Oc2ccc(CCC(=O)O)cc2)C1. The zero-order valence-electron chi connectivity index (χ0n) is 9.93. The lowest BCUT2D eigenvalue weighted by Gasteiger charge is -2.36. The number of ether oxygens (including phenoxy) is 1. The molecule has 0 spiro atoms. The highest BCUT2D eigenvalue weighted by Gasteiger charge is 2.24. The molecular weight excluding hydrogens is 218 g/mol. The van der Waals surface area contributed by atoms with Crippen LogP contribution in [0.4, 0.5) is 0 Å². The van der Waals surface area contributed by atoms with E-state index in [4.69, 9.17) is 9.84 Å². The van der Waals surface area contributed by atoms with E-state index in [1.165, 1.54) is 0 Å².